The minimum atomic E-state index is -0.702. The summed E-state index contributed by atoms with van der Waals surface area (Å²) in [5.74, 6) is 1.27. The van der Waals surface area contributed by atoms with Crippen LogP contribution in [0.15, 0.2) is 59.4 Å². The average molecular weight is 423 g/mol. The maximum absolute atomic E-state index is 9.41. The number of nitrogens with one attached hydrogen (secondary N) is 1. The van der Waals surface area contributed by atoms with Gasteiger partial charge in [0.15, 0.2) is 0 Å². The molecule has 0 saturated carbocycles. The molecule has 4 heterocycles. The monoisotopic (exact) mass is 423 g/mol. The van der Waals surface area contributed by atoms with E-state index in [1.54, 1.807) is 18.6 Å². The van der Waals surface area contributed by atoms with Crippen molar-refractivity contribution in [3.63, 3.8) is 0 Å². The van der Waals surface area contributed by atoms with Gasteiger partial charge in [-0.25, -0.2) is 4.98 Å². The average Bonchev–Trinajstić information content (AvgIpc) is 3.29. The van der Waals surface area contributed by atoms with Crippen LogP contribution in [-0.4, -0.2) is 38.2 Å². The van der Waals surface area contributed by atoms with Crippen LogP contribution in [0, 0.1) is 11.3 Å². The summed E-state index contributed by atoms with van der Waals surface area (Å²) in [6.45, 7) is 5.64. The second-order valence-corrected chi connectivity index (χ2v) is 8.35. The van der Waals surface area contributed by atoms with E-state index < -0.39 is 5.41 Å². The van der Waals surface area contributed by atoms with Gasteiger partial charge in [0.2, 0.25) is 5.89 Å². The quantitative estimate of drug-likeness (QED) is 0.516. The normalized spacial score (nSPS) is 14.0. The molecule has 1 fully saturated rings. The molecule has 0 amide bonds. The molecule has 1 saturated heterocycles. The lowest BCUT2D eigenvalue weighted by atomic mass is 9.90. The van der Waals surface area contributed by atoms with Gasteiger partial charge in [0.1, 0.15) is 5.69 Å². The molecule has 3 aromatic heterocycles. The summed E-state index contributed by atoms with van der Waals surface area (Å²) >= 11 is 0. The van der Waals surface area contributed by atoms with Crippen molar-refractivity contribution in [2.24, 2.45) is 0 Å². The summed E-state index contributed by atoms with van der Waals surface area (Å²) in [6, 6.07) is 14.2. The molecule has 32 heavy (non-hydrogen) atoms. The molecule has 8 nitrogen and oxygen atoms in total. The number of hydrogen-bond acceptors (Lipinski definition) is 8. The Hall–Kier alpha value is -3.96. The lowest BCUT2D eigenvalue weighted by Crippen LogP contribution is -2.39. The Balaban J connectivity index is 1.45. The Kier molecular flexibility index (Phi) is 4.96. The molecule has 1 aliphatic heterocycles. The third-order valence-corrected chi connectivity index (χ3v) is 5.64. The van der Waals surface area contributed by atoms with Gasteiger partial charge in [-0.05, 0) is 43.7 Å². The molecule has 0 aliphatic carbocycles. The number of aromatic nitrogens is 5. The highest BCUT2D eigenvalue weighted by Gasteiger charge is 2.23. The Morgan fingerprint density at radius 3 is 2.62 bits per heavy atom. The zero-order valence-corrected chi connectivity index (χ0v) is 17.8. The number of hydrogen-bond donors (Lipinski definition) is 1. The predicted molar refractivity (Wildman–Crippen MR) is 118 cm³/mol. The standard InChI is InChI=1S/C24H21N7O/c1-24(2,14-25)21-9-16(6-7-28-21)19-12-27-13-20(29-19)23-31-30-22(32-23)17-5-3-4-15(8-17)18-10-26-11-18/h3-9,12-13,18,26H,10-11H2,1-2H3. The summed E-state index contributed by atoms with van der Waals surface area (Å²) in [7, 11) is 0. The number of rotatable bonds is 5. The van der Waals surface area contributed by atoms with Crippen LogP contribution in [0.3, 0.4) is 0 Å². The highest BCUT2D eigenvalue weighted by Crippen LogP contribution is 2.29. The van der Waals surface area contributed by atoms with E-state index in [-0.39, 0.29) is 0 Å². The number of nitriles is 1. The SMILES string of the molecule is CC(C)(C#N)c1cc(-c2cncc(-c3nnc(-c4cccc(C5CNC5)c4)o3)n2)ccn1. The van der Waals surface area contributed by atoms with Gasteiger partial charge in [-0.2, -0.15) is 5.26 Å². The van der Waals surface area contributed by atoms with Crippen molar-refractivity contribution in [1.29, 1.82) is 5.26 Å². The van der Waals surface area contributed by atoms with Crippen LogP contribution in [0.2, 0.25) is 0 Å². The first-order valence-electron chi connectivity index (χ1n) is 10.4. The minimum absolute atomic E-state index is 0.302. The van der Waals surface area contributed by atoms with Crippen LogP contribution >= 0.6 is 0 Å². The van der Waals surface area contributed by atoms with E-state index in [1.807, 2.05) is 38.1 Å². The Morgan fingerprint density at radius 2 is 1.84 bits per heavy atom. The second-order valence-electron chi connectivity index (χ2n) is 8.35. The molecule has 5 rings (SSSR count). The van der Waals surface area contributed by atoms with Crippen molar-refractivity contribution in [3.05, 3.63) is 66.2 Å². The molecule has 0 bridgehead atoms. The summed E-state index contributed by atoms with van der Waals surface area (Å²) in [6.07, 6.45) is 4.93. The maximum atomic E-state index is 9.41. The fourth-order valence-electron chi connectivity index (χ4n) is 3.49. The van der Waals surface area contributed by atoms with E-state index in [0.717, 1.165) is 24.2 Å². The second kappa shape index (κ2) is 7.94. The van der Waals surface area contributed by atoms with Crippen molar-refractivity contribution in [3.8, 4) is 40.4 Å². The molecule has 0 atom stereocenters. The zero-order chi connectivity index (χ0) is 22.1. The van der Waals surface area contributed by atoms with E-state index in [4.69, 9.17) is 4.42 Å². The minimum Gasteiger partial charge on any atom is -0.415 e. The van der Waals surface area contributed by atoms with E-state index >= 15 is 0 Å². The number of nitrogens with zero attached hydrogens (tertiary/aromatic N) is 6. The maximum Gasteiger partial charge on any atom is 0.268 e. The van der Waals surface area contributed by atoms with Gasteiger partial charge in [0, 0.05) is 36.3 Å². The molecule has 158 valence electrons. The Morgan fingerprint density at radius 1 is 1.03 bits per heavy atom. The van der Waals surface area contributed by atoms with Gasteiger partial charge < -0.3 is 9.73 Å². The van der Waals surface area contributed by atoms with Crippen molar-refractivity contribution in [2.75, 3.05) is 13.1 Å². The largest absolute Gasteiger partial charge is 0.415 e. The molecular weight excluding hydrogens is 402 g/mol. The molecule has 8 heteroatoms. The lowest BCUT2D eigenvalue weighted by molar-refractivity contribution is 0.448. The van der Waals surface area contributed by atoms with Crippen molar-refractivity contribution < 1.29 is 4.42 Å². The summed E-state index contributed by atoms with van der Waals surface area (Å²) in [5, 5.41) is 21.1. The predicted octanol–water partition coefficient (Wildman–Crippen LogP) is 3.74. The van der Waals surface area contributed by atoms with Crippen molar-refractivity contribution in [1.82, 2.24) is 30.5 Å². The van der Waals surface area contributed by atoms with E-state index in [0.29, 0.717) is 34.8 Å². The number of benzene rings is 1. The van der Waals surface area contributed by atoms with Crippen LogP contribution in [0.5, 0.6) is 0 Å². The van der Waals surface area contributed by atoms with Crippen LogP contribution in [-0.2, 0) is 5.41 Å². The van der Waals surface area contributed by atoms with Crippen LogP contribution in [0.4, 0.5) is 0 Å². The summed E-state index contributed by atoms with van der Waals surface area (Å²) in [4.78, 5) is 13.3. The number of pyridine rings is 1. The highest BCUT2D eigenvalue weighted by molar-refractivity contribution is 5.62. The smallest absolute Gasteiger partial charge is 0.268 e. The Labute approximate surface area is 185 Å². The molecular formula is C24H21N7O. The zero-order valence-electron chi connectivity index (χ0n) is 17.8. The van der Waals surface area contributed by atoms with Crippen LogP contribution in [0.25, 0.3) is 34.3 Å². The third kappa shape index (κ3) is 3.74. The van der Waals surface area contributed by atoms with Crippen LogP contribution in [0.1, 0.15) is 31.0 Å². The third-order valence-electron chi connectivity index (χ3n) is 5.64. The molecule has 1 aliphatic rings. The first-order chi connectivity index (χ1) is 15.5. The fraction of sp³-hybridized carbons (Fsp3) is 0.250. The fourth-order valence-corrected chi connectivity index (χ4v) is 3.49. The molecule has 1 N–H and O–H groups in total. The lowest BCUT2D eigenvalue weighted by Gasteiger charge is -2.27. The molecule has 4 aromatic rings. The van der Waals surface area contributed by atoms with Gasteiger partial charge in [-0.15, -0.1) is 10.2 Å². The summed E-state index contributed by atoms with van der Waals surface area (Å²) < 4.78 is 5.93. The first kappa shape index (κ1) is 20.0. The van der Waals surface area contributed by atoms with Gasteiger partial charge in [0.25, 0.3) is 5.89 Å². The van der Waals surface area contributed by atoms with E-state index in [9.17, 15) is 5.26 Å². The topological polar surface area (TPSA) is 113 Å². The van der Waals surface area contributed by atoms with Gasteiger partial charge in [-0.1, -0.05) is 12.1 Å². The molecule has 1 aromatic carbocycles. The van der Waals surface area contributed by atoms with E-state index in [1.165, 1.54) is 5.56 Å². The first-order valence-corrected chi connectivity index (χ1v) is 10.4. The van der Waals surface area contributed by atoms with Crippen LogP contribution < -0.4 is 5.32 Å². The Bertz CT molecular complexity index is 1320. The van der Waals surface area contributed by atoms with Crippen molar-refractivity contribution in [2.45, 2.75) is 25.2 Å². The van der Waals surface area contributed by atoms with Gasteiger partial charge >= 0.3 is 0 Å². The molecule has 0 radical (unpaired) electrons. The van der Waals surface area contributed by atoms with Crippen molar-refractivity contribution >= 4 is 0 Å². The molecule has 0 spiro atoms. The molecule has 0 unspecified atom stereocenters. The van der Waals surface area contributed by atoms with Gasteiger partial charge in [-0.3, -0.25) is 9.97 Å². The summed E-state index contributed by atoms with van der Waals surface area (Å²) in [5.41, 5.74) is 4.05. The van der Waals surface area contributed by atoms with Gasteiger partial charge in [0.05, 0.1) is 35.3 Å². The highest BCUT2D eigenvalue weighted by atomic mass is 16.4. The van der Waals surface area contributed by atoms with E-state index in [2.05, 4.69) is 48.7 Å².